The van der Waals surface area contributed by atoms with E-state index in [1.165, 1.54) is 0 Å². The van der Waals surface area contributed by atoms with Crippen LogP contribution in [0.5, 0.6) is 0 Å². The Morgan fingerprint density at radius 1 is 1.50 bits per heavy atom. The van der Waals surface area contributed by atoms with E-state index in [1.807, 2.05) is 12.1 Å². The van der Waals surface area contributed by atoms with E-state index >= 15 is 0 Å². The van der Waals surface area contributed by atoms with E-state index in [2.05, 4.69) is 0 Å². The van der Waals surface area contributed by atoms with Gasteiger partial charge in [0, 0.05) is 17.9 Å². The van der Waals surface area contributed by atoms with Crippen molar-refractivity contribution in [2.45, 2.75) is 17.7 Å². The summed E-state index contributed by atoms with van der Waals surface area (Å²) >= 11 is 19.8. The molecule has 0 radical (unpaired) electrons. The van der Waals surface area contributed by atoms with Crippen LogP contribution in [0.3, 0.4) is 0 Å². The monoisotopic (exact) mass is 323 g/mol. The van der Waals surface area contributed by atoms with Gasteiger partial charge >= 0.3 is 0 Å². The molecule has 0 aliphatic carbocycles. The second-order valence-electron chi connectivity index (χ2n) is 4.01. The highest BCUT2D eigenvalue weighted by molar-refractivity contribution is 7.99. The molecular formula is C12H12Cl3NOS. The summed E-state index contributed by atoms with van der Waals surface area (Å²) in [6, 6.07) is 5.48. The first-order valence-electron chi connectivity index (χ1n) is 5.52. The zero-order valence-corrected chi connectivity index (χ0v) is 12.8. The zero-order chi connectivity index (χ0) is 13.3. The average Bonchev–Trinajstić information content (AvgIpc) is 2.80. The summed E-state index contributed by atoms with van der Waals surface area (Å²) in [6.07, 6.45) is 0. The molecule has 2 rings (SSSR count). The number of alkyl halides is 1. The fourth-order valence-corrected chi connectivity index (χ4v) is 3.78. The van der Waals surface area contributed by atoms with Gasteiger partial charge in [-0.2, -0.15) is 0 Å². The fourth-order valence-electron chi connectivity index (χ4n) is 1.89. The van der Waals surface area contributed by atoms with E-state index in [1.54, 1.807) is 29.7 Å². The quantitative estimate of drug-likeness (QED) is 0.760. The first kappa shape index (κ1) is 14.3. The minimum absolute atomic E-state index is 0.0669. The van der Waals surface area contributed by atoms with Gasteiger partial charge in [-0.3, -0.25) is 4.79 Å². The molecule has 2 nitrogen and oxygen atoms in total. The molecule has 0 bridgehead atoms. The Morgan fingerprint density at radius 2 is 2.22 bits per heavy atom. The molecule has 98 valence electrons. The number of thioether (sulfide) groups is 1. The maximum absolute atomic E-state index is 12.0. The molecule has 1 aliphatic rings. The summed E-state index contributed by atoms with van der Waals surface area (Å²) in [5, 5.41) is 0.403. The molecule has 1 saturated heterocycles. The average molecular weight is 325 g/mol. The molecule has 1 aromatic carbocycles. The normalized spacial score (nSPS) is 21.1. The number of rotatable bonds is 2. The van der Waals surface area contributed by atoms with E-state index in [9.17, 15) is 4.79 Å². The Morgan fingerprint density at radius 3 is 2.89 bits per heavy atom. The van der Waals surface area contributed by atoms with Gasteiger partial charge in [0.05, 0.1) is 10.0 Å². The number of amides is 1. The number of hydrogen-bond donors (Lipinski definition) is 0. The Bertz CT molecular complexity index is 467. The Kier molecular flexibility index (Phi) is 4.70. The Labute approximate surface area is 126 Å². The molecule has 6 heteroatoms. The molecule has 0 aromatic heterocycles. The molecule has 0 saturated carbocycles. The van der Waals surface area contributed by atoms with Gasteiger partial charge in [0.1, 0.15) is 10.8 Å². The van der Waals surface area contributed by atoms with Crippen LogP contribution in [0.15, 0.2) is 18.2 Å². The summed E-state index contributed by atoms with van der Waals surface area (Å²) in [4.78, 5) is 13.8. The molecule has 1 heterocycles. The highest BCUT2D eigenvalue weighted by atomic mass is 35.5. The van der Waals surface area contributed by atoms with Crippen LogP contribution in [0.25, 0.3) is 0 Å². The van der Waals surface area contributed by atoms with Gasteiger partial charge in [-0.05, 0) is 13.0 Å². The zero-order valence-electron chi connectivity index (χ0n) is 9.70. The largest absolute Gasteiger partial charge is 0.324 e. The lowest BCUT2D eigenvalue weighted by atomic mass is 10.2. The minimum Gasteiger partial charge on any atom is -0.324 e. The Balaban J connectivity index is 2.32. The van der Waals surface area contributed by atoms with Crippen molar-refractivity contribution in [1.29, 1.82) is 0 Å². The SMILES string of the molecule is C[C@H](Cl)C(=O)N1CCS[C@H]1c1cccc(Cl)c1Cl. The summed E-state index contributed by atoms with van der Waals surface area (Å²) in [5.41, 5.74) is 0.873. The van der Waals surface area contributed by atoms with Crippen molar-refractivity contribution in [3.05, 3.63) is 33.8 Å². The molecule has 0 unspecified atom stereocenters. The second kappa shape index (κ2) is 5.91. The van der Waals surface area contributed by atoms with Gasteiger partial charge in [0.25, 0.3) is 0 Å². The van der Waals surface area contributed by atoms with Gasteiger partial charge in [0.15, 0.2) is 0 Å². The number of carbonyl (C=O) groups excluding carboxylic acids is 1. The molecule has 1 aromatic rings. The summed E-state index contributed by atoms with van der Waals surface area (Å²) in [5.74, 6) is 0.811. The van der Waals surface area contributed by atoms with E-state index in [0.29, 0.717) is 16.6 Å². The van der Waals surface area contributed by atoms with Crippen molar-refractivity contribution in [3.8, 4) is 0 Å². The number of halogens is 3. The Hall–Kier alpha value is -0.0900. The smallest absolute Gasteiger partial charge is 0.241 e. The first-order valence-corrected chi connectivity index (χ1v) is 7.76. The van der Waals surface area contributed by atoms with Crippen LogP contribution in [0, 0.1) is 0 Å². The van der Waals surface area contributed by atoms with Crippen LogP contribution in [0.2, 0.25) is 10.0 Å². The lowest BCUT2D eigenvalue weighted by Gasteiger charge is -2.26. The predicted octanol–water partition coefficient (Wildman–Crippen LogP) is 4.19. The van der Waals surface area contributed by atoms with E-state index in [-0.39, 0.29) is 11.3 Å². The summed E-state index contributed by atoms with van der Waals surface area (Å²) in [6.45, 7) is 2.37. The topological polar surface area (TPSA) is 20.3 Å². The van der Waals surface area contributed by atoms with Crippen LogP contribution in [-0.4, -0.2) is 28.5 Å². The van der Waals surface area contributed by atoms with Crippen LogP contribution in [-0.2, 0) is 4.79 Å². The van der Waals surface area contributed by atoms with Crippen LogP contribution in [0.4, 0.5) is 0 Å². The highest BCUT2D eigenvalue weighted by Gasteiger charge is 2.33. The maximum Gasteiger partial charge on any atom is 0.241 e. The van der Waals surface area contributed by atoms with Gasteiger partial charge < -0.3 is 4.90 Å². The van der Waals surface area contributed by atoms with Crippen LogP contribution in [0.1, 0.15) is 17.9 Å². The fraction of sp³-hybridized carbons (Fsp3) is 0.417. The van der Waals surface area contributed by atoms with E-state index < -0.39 is 5.38 Å². The first-order chi connectivity index (χ1) is 8.52. The molecule has 0 N–H and O–H groups in total. The molecule has 1 aliphatic heterocycles. The lowest BCUT2D eigenvalue weighted by molar-refractivity contribution is -0.130. The molecular weight excluding hydrogens is 313 g/mol. The molecule has 1 fully saturated rings. The van der Waals surface area contributed by atoms with Crippen molar-refractivity contribution in [3.63, 3.8) is 0 Å². The minimum atomic E-state index is -0.524. The van der Waals surface area contributed by atoms with Crippen molar-refractivity contribution < 1.29 is 4.79 Å². The van der Waals surface area contributed by atoms with Gasteiger partial charge in [-0.25, -0.2) is 0 Å². The van der Waals surface area contributed by atoms with E-state index in [4.69, 9.17) is 34.8 Å². The second-order valence-corrected chi connectivity index (χ2v) is 6.64. The highest BCUT2D eigenvalue weighted by Crippen LogP contribution is 2.43. The molecule has 2 atom stereocenters. The van der Waals surface area contributed by atoms with Gasteiger partial charge in [-0.15, -0.1) is 23.4 Å². The van der Waals surface area contributed by atoms with Gasteiger partial charge in [0.2, 0.25) is 5.91 Å². The third-order valence-corrected chi connectivity index (χ3v) is 5.02. The summed E-state index contributed by atoms with van der Waals surface area (Å²) in [7, 11) is 0. The van der Waals surface area contributed by atoms with E-state index in [0.717, 1.165) is 11.3 Å². The van der Waals surface area contributed by atoms with Crippen LogP contribution >= 0.6 is 46.6 Å². The molecule has 18 heavy (non-hydrogen) atoms. The third kappa shape index (κ3) is 2.74. The van der Waals surface area contributed by atoms with Crippen molar-refractivity contribution >= 4 is 52.5 Å². The van der Waals surface area contributed by atoms with Crippen LogP contribution < -0.4 is 0 Å². The van der Waals surface area contributed by atoms with Crippen molar-refractivity contribution in [1.82, 2.24) is 4.90 Å². The lowest BCUT2D eigenvalue weighted by Crippen LogP contribution is -2.35. The number of hydrogen-bond acceptors (Lipinski definition) is 2. The maximum atomic E-state index is 12.0. The number of nitrogens with zero attached hydrogens (tertiary/aromatic N) is 1. The number of benzene rings is 1. The summed E-state index contributed by atoms with van der Waals surface area (Å²) < 4.78 is 0. The molecule has 1 amide bonds. The predicted molar refractivity (Wildman–Crippen MR) is 78.7 cm³/mol. The number of carbonyl (C=O) groups is 1. The molecule has 0 spiro atoms. The van der Waals surface area contributed by atoms with Gasteiger partial charge in [-0.1, -0.05) is 35.3 Å². The standard InChI is InChI=1S/C12H12Cl3NOS/c1-7(13)11(17)16-5-6-18-12(16)8-3-2-4-9(14)10(8)15/h2-4,7,12H,5-6H2,1H3/t7-,12-/m0/s1. The van der Waals surface area contributed by atoms with Crippen molar-refractivity contribution in [2.75, 3.05) is 12.3 Å². The van der Waals surface area contributed by atoms with Crippen molar-refractivity contribution in [2.24, 2.45) is 0 Å². The third-order valence-electron chi connectivity index (χ3n) is 2.76.